The molecule has 1 aromatic heterocycles. The molecule has 0 bridgehead atoms. The van der Waals surface area contributed by atoms with Gasteiger partial charge in [-0.3, -0.25) is 14.8 Å². The van der Waals surface area contributed by atoms with Crippen molar-refractivity contribution in [2.24, 2.45) is 7.05 Å². The lowest BCUT2D eigenvalue weighted by molar-refractivity contribution is -0.384. The first-order valence-electron chi connectivity index (χ1n) is 9.45. The highest BCUT2D eigenvalue weighted by Gasteiger charge is 2.21. The number of nitro benzene ring substituents is 1. The normalized spacial score (nSPS) is 12.4. The zero-order chi connectivity index (χ0) is 20.8. The van der Waals surface area contributed by atoms with Gasteiger partial charge in [0.25, 0.3) is 5.69 Å². The van der Waals surface area contributed by atoms with Crippen LogP contribution in [-0.2, 0) is 7.05 Å². The molecular formula is C23H18N4O2S. The summed E-state index contributed by atoms with van der Waals surface area (Å²) in [6.45, 7) is 0. The molecule has 5 rings (SSSR count). The van der Waals surface area contributed by atoms with Gasteiger partial charge in [-0.25, -0.2) is 0 Å². The van der Waals surface area contributed by atoms with E-state index in [1.165, 1.54) is 21.5 Å². The Morgan fingerprint density at radius 1 is 0.867 bits per heavy atom. The number of nitrogens with zero attached hydrogens (tertiary/aromatic N) is 4. The van der Waals surface area contributed by atoms with Gasteiger partial charge < -0.3 is 4.90 Å². The zero-order valence-corrected chi connectivity index (χ0v) is 17.3. The summed E-state index contributed by atoms with van der Waals surface area (Å²) in [7, 11) is 3.94. The van der Waals surface area contributed by atoms with Gasteiger partial charge in [-0.15, -0.1) is 0 Å². The molecule has 0 spiro atoms. The van der Waals surface area contributed by atoms with Crippen molar-refractivity contribution in [3.8, 4) is 22.5 Å². The maximum Gasteiger partial charge on any atom is 0.270 e. The molecule has 4 aromatic rings. The first-order chi connectivity index (χ1) is 14.5. The van der Waals surface area contributed by atoms with Crippen LogP contribution in [0.1, 0.15) is 0 Å². The van der Waals surface area contributed by atoms with Crippen LogP contribution in [0.2, 0.25) is 0 Å². The van der Waals surface area contributed by atoms with Crippen LogP contribution < -0.4 is 4.90 Å². The minimum Gasteiger partial charge on any atom is -0.343 e. The highest BCUT2D eigenvalue weighted by molar-refractivity contribution is 7.99. The number of non-ortho nitro benzene ring substituents is 1. The number of rotatable bonds is 3. The Morgan fingerprint density at radius 2 is 1.67 bits per heavy atom. The minimum absolute atomic E-state index is 0.0714. The quantitative estimate of drug-likeness (QED) is 0.309. The molecular weight excluding hydrogens is 396 g/mol. The molecule has 1 aliphatic rings. The maximum atomic E-state index is 11.1. The number of para-hydroxylation sites is 1. The molecule has 0 aliphatic carbocycles. The van der Waals surface area contributed by atoms with E-state index in [1.54, 1.807) is 28.6 Å². The van der Waals surface area contributed by atoms with E-state index in [0.29, 0.717) is 0 Å². The van der Waals surface area contributed by atoms with Gasteiger partial charge in [0.05, 0.1) is 27.7 Å². The van der Waals surface area contributed by atoms with Crippen LogP contribution in [0.25, 0.3) is 22.5 Å². The Kier molecular flexibility index (Phi) is 4.33. The standard InChI is InChI=1S/C23H18N4O2S/c1-25-19-8-3-4-9-22(19)30-23-13-15(10-11-20(23)25)18-14-21(26(2)24-18)16-6-5-7-17(12-16)27(28)29/h3-14H,1-2H3. The molecule has 2 heterocycles. The molecule has 1 aliphatic heterocycles. The zero-order valence-electron chi connectivity index (χ0n) is 16.4. The predicted molar refractivity (Wildman–Crippen MR) is 119 cm³/mol. The van der Waals surface area contributed by atoms with Gasteiger partial charge in [0.2, 0.25) is 0 Å². The molecule has 0 fully saturated rings. The second kappa shape index (κ2) is 7.03. The van der Waals surface area contributed by atoms with Crippen molar-refractivity contribution < 1.29 is 4.92 Å². The fourth-order valence-electron chi connectivity index (χ4n) is 3.76. The number of anilines is 2. The molecule has 148 valence electrons. The third kappa shape index (κ3) is 3.04. The van der Waals surface area contributed by atoms with Gasteiger partial charge in [-0.05, 0) is 30.3 Å². The van der Waals surface area contributed by atoms with Gasteiger partial charge in [-0.2, -0.15) is 5.10 Å². The molecule has 0 saturated heterocycles. The fourth-order valence-corrected chi connectivity index (χ4v) is 4.95. The van der Waals surface area contributed by atoms with Crippen LogP contribution >= 0.6 is 11.8 Å². The average molecular weight is 414 g/mol. The summed E-state index contributed by atoms with van der Waals surface area (Å²) in [5.74, 6) is 0. The smallest absolute Gasteiger partial charge is 0.270 e. The van der Waals surface area contributed by atoms with E-state index in [2.05, 4.69) is 59.5 Å². The second-order valence-corrected chi connectivity index (χ2v) is 8.24. The summed E-state index contributed by atoms with van der Waals surface area (Å²) in [6, 6.07) is 23.3. The van der Waals surface area contributed by atoms with Crippen LogP contribution in [-0.4, -0.2) is 21.8 Å². The Morgan fingerprint density at radius 3 is 2.50 bits per heavy atom. The lowest BCUT2D eigenvalue weighted by atomic mass is 10.1. The average Bonchev–Trinajstić information content (AvgIpc) is 3.15. The van der Waals surface area contributed by atoms with Gasteiger partial charge in [-0.1, -0.05) is 42.1 Å². The van der Waals surface area contributed by atoms with E-state index >= 15 is 0 Å². The molecule has 0 amide bonds. The Labute approximate surface area is 177 Å². The molecule has 7 heteroatoms. The molecule has 0 saturated carbocycles. The third-order valence-corrected chi connectivity index (χ3v) is 6.41. The number of nitro groups is 1. The lowest BCUT2D eigenvalue weighted by Crippen LogP contribution is -2.14. The van der Waals surface area contributed by atoms with E-state index < -0.39 is 0 Å². The van der Waals surface area contributed by atoms with Gasteiger partial charge >= 0.3 is 0 Å². The molecule has 0 atom stereocenters. The lowest BCUT2D eigenvalue weighted by Gasteiger charge is -2.29. The second-order valence-electron chi connectivity index (χ2n) is 7.16. The predicted octanol–water partition coefficient (Wildman–Crippen LogP) is 5.89. The summed E-state index contributed by atoms with van der Waals surface area (Å²) in [6.07, 6.45) is 0. The topological polar surface area (TPSA) is 64.2 Å². The van der Waals surface area contributed by atoms with Crippen LogP contribution in [0.5, 0.6) is 0 Å². The van der Waals surface area contributed by atoms with Crippen molar-refractivity contribution in [3.05, 3.63) is 82.9 Å². The molecule has 0 unspecified atom stereocenters. The van der Waals surface area contributed by atoms with Crippen molar-refractivity contribution in [1.82, 2.24) is 9.78 Å². The van der Waals surface area contributed by atoms with Gasteiger partial charge in [0, 0.05) is 47.1 Å². The van der Waals surface area contributed by atoms with Crippen molar-refractivity contribution >= 4 is 28.8 Å². The van der Waals surface area contributed by atoms with Crippen molar-refractivity contribution in [2.75, 3.05) is 11.9 Å². The SMILES string of the molecule is CN1c2ccccc2Sc2cc(-c3cc(-c4cccc([N+](=O)[O-])c4)n(C)n3)ccc21. The van der Waals surface area contributed by atoms with E-state index in [0.717, 1.165) is 28.2 Å². The summed E-state index contributed by atoms with van der Waals surface area (Å²) < 4.78 is 1.77. The number of hydrogen-bond donors (Lipinski definition) is 0. The number of aryl methyl sites for hydroxylation is 1. The molecule has 0 radical (unpaired) electrons. The highest BCUT2D eigenvalue weighted by Crippen LogP contribution is 2.48. The molecule has 6 nitrogen and oxygen atoms in total. The summed E-state index contributed by atoms with van der Waals surface area (Å²) in [5, 5.41) is 15.8. The summed E-state index contributed by atoms with van der Waals surface area (Å²) in [4.78, 5) is 15.4. The van der Waals surface area contributed by atoms with E-state index in [1.807, 2.05) is 19.2 Å². The number of aromatic nitrogens is 2. The summed E-state index contributed by atoms with van der Waals surface area (Å²) >= 11 is 1.76. The van der Waals surface area contributed by atoms with Crippen LogP contribution in [0.15, 0.2) is 82.6 Å². The van der Waals surface area contributed by atoms with Crippen molar-refractivity contribution in [3.63, 3.8) is 0 Å². The maximum absolute atomic E-state index is 11.1. The van der Waals surface area contributed by atoms with E-state index in [-0.39, 0.29) is 10.6 Å². The molecule has 30 heavy (non-hydrogen) atoms. The van der Waals surface area contributed by atoms with Gasteiger partial charge in [0.1, 0.15) is 0 Å². The highest BCUT2D eigenvalue weighted by atomic mass is 32.2. The van der Waals surface area contributed by atoms with E-state index in [9.17, 15) is 10.1 Å². The third-order valence-electron chi connectivity index (χ3n) is 5.30. The fraction of sp³-hybridized carbons (Fsp3) is 0.0870. The monoisotopic (exact) mass is 414 g/mol. The van der Waals surface area contributed by atoms with E-state index in [4.69, 9.17) is 0 Å². The summed E-state index contributed by atoms with van der Waals surface area (Å²) in [5.41, 5.74) is 5.89. The Hall–Kier alpha value is -3.58. The van der Waals surface area contributed by atoms with Crippen molar-refractivity contribution in [1.29, 1.82) is 0 Å². The first kappa shape index (κ1) is 18.4. The van der Waals surface area contributed by atoms with Crippen LogP contribution in [0, 0.1) is 10.1 Å². The minimum atomic E-state index is -0.379. The van der Waals surface area contributed by atoms with Gasteiger partial charge in [0.15, 0.2) is 0 Å². The van der Waals surface area contributed by atoms with Crippen LogP contribution in [0.4, 0.5) is 17.1 Å². The number of hydrogen-bond acceptors (Lipinski definition) is 5. The number of fused-ring (bicyclic) bond motifs is 2. The largest absolute Gasteiger partial charge is 0.343 e. The number of benzene rings is 3. The Balaban J connectivity index is 1.53. The molecule has 0 N–H and O–H groups in total. The van der Waals surface area contributed by atoms with Crippen LogP contribution in [0.3, 0.4) is 0 Å². The Bertz CT molecular complexity index is 1300. The first-order valence-corrected chi connectivity index (χ1v) is 10.3. The molecule has 3 aromatic carbocycles. The van der Waals surface area contributed by atoms with Crippen molar-refractivity contribution in [2.45, 2.75) is 9.79 Å².